The molecule has 0 spiro atoms. The molecule has 0 unspecified atom stereocenters. The minimum atomic E-state index is -0.403. The van der Waals surface area contributed by atoms with Crippen LogP contribution in [-0.4, -0.2) is 9.97 Å². The molecule has 19 heavy (non-hydrogen) atoms. The highest BCUT2D eigenvalue weighted by Gasteiger charge is 2.07. The molecule has 1 aromatic carbocycles. The van der Waals surface area contributed by atoms with Crippen LogP contribution < -0.4 is 16.0 Å². The Hall–Kier alpha value is -1.73. The predicted octanol–water partition coefficient (Wildman–Crippen LogP) is 3.02. The molecule has 0 aliphatic heterocycles. The second-order valence-corrected chi connectivity index (χ2v) is 4.54. The maximum atomic E-state index is 13.4. The monoisotopic (exact) mass is 326 g/mol. The zero-order valence-electron chi connectivity index (χ0n) is 10.2. The fraction of sp³-hybridized carbons (Fsp3) is 0.167. The Kier molecular flexibility index (Phi) is 4.28. The van der Waals surface area contributed by atoms with Crippen molar-refractivity contribution in [3.8, 4) is 11.6 Å². The molecule has 0 bridgehead atoms. The molecule has 0 radical (unpaired) electrons. The summed E-state index contributed by atoms with van der Waals surface area (Å²) in [4.78, 5) is 8.32. The number of nitrogens with one attached hydrogen (secondary N) is 1. The minimum absolute atomic E-state index is 0.307. The van der Waals surface area contributed by atoms with E-state index in [9.17, 15) is 4.39 Å². The zero-order valence-corrected chi connectivity index (χ0v) is 11.7. The van der Waals surface area contributed by atoms with E-state index in [1.165, 1.54) is 6.07 Å². The first-order valence-corrected chi connectivity index (χ1v) is 6.39. The fourth-order valence-electron chi connectivity index (χ4n) is 1.42. The van der Waals surface area contributed by atoms with Gasteiger partial charge in [-0.2, -0.15) is 4.98 Å². The van der Waals surface area contributed by atoms with Crippen LogP contribution in [0.2, 0.25) is 0 Å². The van der Waals surface area contributed by atoms with Crippen molar-refractivity contribution in [3.63, 3.8) is 0 Å². The smallest absolute Gasteiger partial charge is 0.224 e. The second-order valence-electron chi connectivity index (χ2n) is 3.68. The van der Waals surface area contributed by atoms with E-state index in [1.54, 1.807) is 18.2 Å². The number of ether oxygens (including phenoxy) is 1. The van der Waals surface area contributed by atoms with E-state index in [2.05, 4.69) is 31.3 Å². The number of nitrogen functional groups attached to an aromatic ring is 1. The molecule has 3 N–H and O–H groups in total. The van der Waals surface area contributed by atoms with Gasteiger partial charge in [-0.1, -0.05) is 6.92 Å². The highest BCUT2D eigenvalue weighted by Crippen LogP contribution is 2.25. The summed E-state index contributed by atoms with van der Waals surface area (Å²) in [5, 5.41) is 0. The predicted molar refractivity (Wildman–Crippen MR) is 73.4 cm³/mol. The molecule has 0 fully saturated rings. The largest absolute Gasteiger partial charge is 0.439 e. The maximum Gasteiger partial charge on any atom is 0.224 e. The van der Waals surface area contributed by atoms with Crippen LogP contribution in [0.15, 0.2) is 28.7 Å². The number of hydrogen-bond acceptors (Lipinski definition) is 5. The Morgan fingerprint density at radius 2 is 2.16 bits per heavy atom. The highest BCUT2D eigenvalue weighted by molar-refractivity contribution is 9.10. The number of halogens is 2. The number of benzene rings is 1. The first-order chi connectivity index (χ1) is 9.12. The van der Waals surface area contributed by atoms with Crippen LogP contribution in [0.4, 0.5) is 10.2 Å². The van der Waals surface area contributed by atoms with E-state index in [0.29, 0.717) is 34.2 Å². The first kappa shape index (κ1) is 13.7. The van der Waals surface area contributed by atoms with Crippen molar-refractivity contribution >= 4 is 21.7 Å². The summed E-state index contributed by atoms with van der Waals surface area (Å²) in [6.07, 6.45) is 0.639. The summed E-state index contributed by atoms with van der Waals surface area (Å²) < 4.78 is 19.2. The maximum absolute atomic E-state index is 13.4. The van der Waals surface area contributed by atoms with E-state index >= 15 is 0 Å². The molecule has 0 saturated carbocycles. The zero-order chi connectivity index (χ0) is 13.8. The van der Waals surface area contributed by atoms with Gasteiger partial charge in [0.1, 0.15) is 23.2 Å². The molecule has 0 atom stereocenters. The van der Waals surface area contributed by atoms with Crippen molar-refractivity contribution in [1.82, 2.24) is 9.97 Å². The Bertz CT molecular complexity index is 572. The molecular weight excluding hydrogens is 315 g/mol. The summed E-state index contributed by atoms with van der Waals surface area (Å²) in [5.74, 6) is 6.60. The summed E-state index contributed by atoms with van der Waals surface area (Å²) in [7, 11) is 0. The van der Waals surface area contributed by atoms with Crippen LogP contribution in [0.25, 0.3) is 0 Å². The number of rotatable bonds is 4. The lowest BCUT2D eigenvalue weighted by Gasteiger charge is -2.08. The van der Waals surface area contributed by atoms with Crippen LogP contribution in [-0.2, 0) is 6.42 Å². The standard InChI is InChI=1S/C12H12BrFN4O/c1-2-10-16-11(18-15)6-12(17-10)19-7-3-4-8(13)9(14)5-7/h3-6H,2,15H2,1H3,(H,16,17,18). The van der Waals surface area contributed by atoms with Gasteiger partial charge in [0, 0.05) is 18.6 Å². The summed E-state index contributed by atoms with van der Waals surface area (Å²) in [5.41, 5.74) is 2.44. The number of anilines is 1. The topological polar surface area (TPSA) is 73.1 Å². The molecule has 2 rings (SSSR count). The van der Waals surface area contributed by atoms with Gasteiger partial charge in [-0.15, -0.1) is 0 Å². The highest BCUT2D eigenvalue weighted by atomic mass is 79.9. The molecule has 5 nitrogen and oxygen atoms in total. The number of aryl methyl sites for hydroxylation is 1. The quantitative estimate of drug-likeness (QED) is 0.667. The van der Waals surface area contributed by atoms with E-state index in [1.807, 2.05) is 6.92 Å². The lowest BCUT2D eigenvalue weighted by molar-refractivity contribution is 0.454. The minimum Gasteiger partial charge on any atom is -0.439 e. The molecule has 0 saturated heterocycles. The number of nitrogens with two attached hydrogens (primary N) is 1. The van der Waals surface area contributed by atoms with E-state index < -0.39 is 5.82 Å². The molecule has 0 amide bonds. The van der Waals surface area contributed by atoms with Gasteiger partial charge in [-0.25, -0.2) is 15.2 Å². The SMILES string of the molecule is CCc1nc(NN)cc(Oc2ccc(Br)c(F)c2)n1. The molecule has 2 aromatic rings. The van der Waals surface area contributed by atoms with Gasteiger partial charge in [-0.05, 0) is 28.1 Å². The average molecular weight is 327 g/mol. The average Bonchev–Trinajstić information content (AvgIpc) is 2.42. The number of aromatic nitrogens is 2. The van der Waals surface area contributed by atoms with E-state index in [-0.39, 0.29) is 0 Å². The summed E-state index contributed by atoms with van der Waals surface area (Å²) >= 11 is 3.08. The van der Waals surface area contributed by atoms with Crippen molar-refractivity contribution in [2.24, 2.45) is 5.84 Å². The van der Waals surface area contributed by atoms with Gasteiger partial charge in [0.05, 0.1) is 4.47 Å². The van der Waals surface area contributed by atoms with Crippen molar-refractivity contribution < 1.29 is 9.13 Å². The second kappa shape index (κ2) is 5.94. The lowest BCUT2D eigenvalue weighted by Crippen LogP contribution is -2.10. The summed E-state index contributed by atoms with van der Waals surface area (Å²) in [6, 6.07) is 6.01. The molecule has 0 aliphatic carbocycles. The third-order valence-electron chi connectivity index (χ3n) is 2.33. The number of nitrogens with zero attached hydrogens (tertiary/aromatic N) is 2. The van der Waals surface area contributed by atoms with Gasteiger partial charge in [0.15, 0.2) is 0 Å². The normalized spacial score (nSPS) is 10.3. The van der Waals surface area contributed by atoms with Crippen molar-refractivity contribution in [2.45, 2.75) is 13.3 Å². The summed E-state index contributed by atoms with van der Waals surface area (Å²) in [6.45, 7) is 1.92. The fourth-order valence-corrected chi connectivity index (χ4v) is 1.66. The van der Waals surface area contributed by atoms with Crippen LogP contribution in [0.5, 0.6) is 11.6 Å². The van der Waals surface area contributed by atoms with Crippen LogP contribution in [0, 0.1) is 5.82 Å². The van der Waals surface area contributed by atoms with Crippen molar-refractivity contribution in [2.75, 3.05) is 5.43 Å². The van der Waals surface area contributed by atoms with Gasteiger partial charge in [0.2, 0.25) is 5.88 Å². The van der Waals surface area contributed by atoms with Gasteiger partial charge in [-0.3, -0.25) is 0 Å². The van der Waals surface area contributed by atoms with E-state index in [0.717, 1.165) is 0 Å². The molecule has 0 aliphatic rings. The van der Waals surface area contributed by atoms with Gasteiger partial charge in [0.25, 0.3) is 0 Å². The van der Waals surface area contributed by atoms with Crippen molar-refractivity contribution in [1.29, 1.82) is 0 Å². The molecule has 1 aromatic heterocycles. The lowest BCUT2D eigenvalue weighted by atomic mass is 10.3. The Balaban J connectivity index is 2.29. The van der Waals surface area contributed by atoms with E-state index in [4.69, 9.17) is 10.6 Å². The molecule has 100 valence electrons. The Morgan fingerprint density at radius 3 is 2.79 bits per heavy atom. The van der Waals surface area contributed by atoms with Crippen LogP contribution >= 0.6 is 15.9 Å². The Labute approximate surface area is 118 Å². The first-order valence-electron chi connectivity index (χ1n) is 5.60. The third kappa shape index (κ3) is 3.39. The van der Waals surface area contributed by atoms with Crippen molar-refractivity contribution in [3.05, 3.63) is 40.4 Å². The molecular formula is C12H12BrFN4O. The van der Waals surface area contributed by atoms with Gasteiger partial charge < -0.3 is 10.2 Å². The third-order valence-corrected chi connectivity index (χ3v) is 2.97. The number of hydrogen-bond donors (Lipinski definition) is 2. The molecule has 1 heterocycles. The van der Waals surface area contributed by atoms with Gasteiger partial charge >= 0.3 is 0 Å². The number of hydrazine groups is 1. The Morgan fingerprint density at radius 1 is 1.37 bits per heavy atom. The molecule has 7 heteroatoms. The van der Waals surface area contributed by atoms with Crippen LogP contribution in [0.3, 0.4) is 0 Å². The van der Waals surface area contributed by atoms with Crippen LogP contribution in [0.1, 0.15) is 12.7 Å².